The van der Waals surface area contributed by atoms with Gasteiger partial charge in [-0.05, 0) is 28.8 Å². The van der Waals surface area contributed by atoms with E-state index in [0.717, 1.165) is 22.8 Å². The first-order valence-corrected chi connectivity index (χ1v) is 5.62. The standard InChI is InChI=1S/C14H14O3/c1-2-5-11-10-7-4-3-6-9(10)8-12(15)13(11)14(16)17/h3-4,6-8,15H,2,5H2,1H3,(H,16,17). The normalized spacial score (nSPS) is 10.6. The van der Waals surface area contributed by atoms with Crippen molar-refractivity contribution in [2.45, 2.75) is 19.8 Å². The summed E-state index contributed by atoms with van der Waals surface area (Å²) in [4.78, 5) is 11.2. The van der Waals surface area contributed by atoms with E-state index in [4.69, 9.17) is 0 Å². The Bertz CT molecular complexity index is 573. The Morgan fingerprint density at radius 3 is 2.65 bits per heavy atom. The number of carboxylic acids is 1. The van der Waals surface area contributed by atoms with E-state index in [1.165, 1.54) is 6.07 Å². The molecule has 3 nitrogen and oxygen atoms in total. The predicted molar refractivity (Wildman–Crippen MR) is 66.6 cm³/mol. The van der Waals surface area contributed by atoms with Crippen LogP contribution in [-0.2, 0) is 6.42 Å². The first kappa shape index (κ1) is 11.5. The fourth-order valence-corrected chi connectivity index (χ4v) is 2.15. The van der Waals surface area contributed by atoms with Crippen LogP contribution in [0, 0.1) is 0 Å². The zero-order valence-corrected chi connectivity index (χ0v) is 9.60. The second-order valence-corrected chi connectivity index (χ2v) is 4.03. The van der Waals surface area contributed by atoms with Crippen LogP contribution >= 0.6 is 0 Å². The van der Waals surface area contributed by atoms with Crippen molar-refractivity contribution in [3.05, 3.63) is 41.5 Å². The highest BCUT2D eigenvalue weighted by Gasteiger charge is 2.17. The topological polar surface area (TPSA) is 57.5 Å². The number of benzene rings is 2. The molecule has 2 aromatic carbocycles. The van der Waals surface area contributed by atoms with E-state index < -0.39 is 5.97 Å². The SMILES string of the molecule is CCCc1c(C(=O)O)c(O)cc2ccccc12. The summed E-state index contributed by atoms with van der Waals surface area (Å²) >= 11 is 0. The maximum absolute atomic E-state index is 11.2. The van der Waals surface area contributed by atoms with Gasteiger partial charge in [-0.1, -0.05) is 37.6 Å². The highest BCUT2D eigenvalue weighted by atomic mass is 16.4. The Kier molecular flexibility index (Phi) is 3.00. The van der Waals surface area contributed by atoms with Gasteiger partial charge in [0.2, 0.25) is 0 Å². The number of aromatic hydroxyl groups is 1. The summed E-state index contributed by atoms with van der Waals surface area (Å²) < 4.78 is 0. The number of hydrogen-bond acceptors (Lipinski definition) is 2. The summed E-state index contributed by atoms with van der Waals surface area (Å²) in [6.45, 7) is 1.99. The lowest BCUT2D eigenvalue weighted by Gasteiger charge is -2.11. The lowest BCUT2D eigenvalue weighted by atomic mass is 9.95. The number of carboxylic acid groups (broad SMARTS) is 1. The van der Waals surface area contributed by atoms with Gasteiger partial charge in [0.1, 0.15) is 11.3 Å². The van der Waals surface area contributed by atoms with Gasteiger partial charge in [-0.25, -0.2) is 4.79 Å². The molecule has 0 aliphatic heterocycles. The van der Waals surface area contributed by atoms with Gasteiger partial charge in [0.25, 0.3) is 0 Å². The van der Waals surface area contributed by atoms with Crippen molar-refractivity contribution < 1.29 is 15.0 Å². The maximum atomic E-state index is 11.2. The first-order valence-electron chi connectivity index (χ1n) is 5.62. The fraction of sp³-hybridized carbons (Fsp3) is 0.214. The van der Waals surface area contributed by atoms with Crippen molar-refractivity contribution in [2.24, 2.45) is 0 Å². The molecule has 0 radical (unpaired) electrons. The average Bonchev–Trinajstić information content (AvgIpc) is 2.28. The largest absolute Gasteiger partial charge is 0.507 e. The molecule has 0 aromatic heterocycles. The number of rotatable bonds is 3. The number of phenols is 1. The van der Waals surface area contributed by atoms with Crippen LogP contribution in [0.3, 0.4) is 0 Å². The molecular formula is C14H14O3. The third-order valence-corrected chi connectivity index (χ3v) is 2.85. The molecule has 0 aliphatic carbocycles. The van der Waals surface area contributed by atoms with E-state index in [1.54, 1.807) is 0 Å². The van der Waals surface area contributed by atoms with Crippen LogP contribution in [0.15, 0.2) is 30.3 Å². The minimum absolute atomic E-state index is 0.0329. The Morgan fingerprint density at radius 1 is 1.29 bits per heavy atom. The molecule has 0 saturated carbocycles. The molecule has 0 aliphatic rings. The number of carbonyl (C=O) groups is 1. The summed E-state index contributed by atoms with van der Waals surface area (Å²) in [5.41, 5.74) is 0.751. The molecule has 3 heteroatoms. The van der Waals surface area contributed by atoms with Gasteiger partial charge >= 0.3 is 5.97 Å². The Morgan fingerprint density at radius 2 is 2.00 bits per heavy atom. The summed E-state index contributed by atoms with van der Waals surface area (Å²) in [6, 6.07) is 9.03. The van der Waals surface area contributed by atoms with Gasteiger partial charge in [-0.3, -0.25) is 0 Å². The Hall–Kier alpha value is -2.03. The number of fused-ring (bicyclic) bond motifs is 1. The summed E-state index contributed by atoms with van der Waals surface area (Å²) in [6.07, 6.45) is 1.49. The number of hydrogen-bond donors (Lipinski definition) is 2. The molecule has 2 aromatic rings. The van der Waals surface area contributed by atoms with Crippen LogP contribution in [0.25, 0.3) is 10.8 Å². The third-order valence-electron chi connectivity index (χ3n) is 2.85. The van der Waals surface area contributed by atoms with Gasteiger partial charge in [0.15, 0.2) is 0 Å². The molecule has 0 spiro atoms. The van der Waals surface area contributed by atoms with Crippen molar-refractivity contribution in [1.29, 1.82) is 0 Å². The molecule has 0 bridgehead atoms. The monoisotopic (exact) mass is 230 g/mol. The zero-order chi connectivity index (χ0) is 12.4. The van der Waals surface area contributed by atoms with E-state index >= 15 is 0 Å². The average molecular weight is 230 g/mol. The molecular weight excluding hydrogens is 216 g/mol. The van der Waals surface area contributed by atoms with Gasteiger partial charge in [-0.2, -0.15) is 0 Å². The van der Waals surface area contributed by atoms with E-state index in [0.29, 0.717) is 6.42 Å². The quantitative estimate of drug-likeness (QED) is 0.851. The van der Waals surface area contributed by atoms with Crippen molar-refractivity contribution >= 4 is 16.7 Å². The molecule has 0 fully saturated rings. The van der Waals surface area contributed by atoms with Crippen LogP contribution in [-0.4, -0.2) is 16.2 Å². The molecule has 88 valence electrons. The molecule has 17 heavy (non-hydrogen) atoms. The van der Waals surface area contributed by atoms with Crippen molar-refractivity contribution in [3.8, 4) is 5.75 Å². The van der Waals surface area contributed by atoms with Crippen molar-refractivity contribution in [3.63, 3.8) is 0 Å². The van der Waals surface area contributed by atoms with Crippen LogP contribution in [0.4, 0.5) is 0 Å². The molecule has 2 rings (SSSR count). The van der Waals surface area contributed by atoms with Crippen molar-refractivity contribution in [1.82, 2.24) is 0 Å². The fourth-order valence-electron chi connectivity index (χ4n) is 2.15. The van der Waals surface area contributed by atoms with E-state index in [1.807, 2.05) is 31.2 Å². The Labute approximate surface area is 99.3 Å². The van der Waals surface area contributed by atoms with Crippen molar-refractivity contribution in [2.75, 3.05) is 0 Å². The van der Waals surface area contributed by atoms with E-state index in [-0.39, 0.29) is 11.3 Å². The second kappa shape index (κ2) is 4.45. The van der Waals surface area contributed by atoms with Crippen LogP contribution in [0.5, 0.6) is 5.75 Å². The zero-order valence-electron chi connectivity index (χ0n) is 9.60. The Balaban J connectivity index is 2.83. The third kappa shape index (κ3) is 1.96. The van der Waals surface area contributed by atoms with Crippen LogP contribution in [0.2, 0.25) is 0 Å². The van der Waals surface area contributed by atoms with Crippen LogP contribution in [0.1, 0.15) is 29.3 Å². The predicted octanol–water partition coefficient (Wildman–Crippen LogP) is 3.20. The molecule has 0 amide bonds. The second-order valence-electron chi connectivity index (χ2n) is 4.03. The first-order chi connectivity index (χ1) is 8.15. The van der Waals surface area contributed by atoms with Gasteiger partial charge in [0.05, 0.1) is 0 Å². The summed E-state index contributed by atoms with van der Waals surface area (Å²) in [5, 5.41) is 20.8. The van der Waals surface area contributed by atoms with Gasteiger partial charge in [-0.15, -0.1) is 0 Å². The molecule has 2 N–H and O–H groups in total. The minimum Gasteiger partial charge on any atom is -0.507 e. The summed E-state index contributed by atoms with van der Waals surface area (Å²) in [5.74, 6) is -1.23. The van der Waals surface area contributed by atoms with Crippen LogP contribution < -0.4 is 0 Å². The number of aryl methyl sites for hydroxylation is 1. The van der Waals surface area contributed by atoms with Gasteiger partial charge < -0.3 is 10.2 Å². The molecule has 0 atom stereocenters. The molecule has 0 heterocycles. The molecule has 0 saturated heterocycles. The minimum atomic E-state index is -1.07. The lowest BCUT2D eigenvalue weighted by molar-refractivity contribution is 0.0692. The van der Waals surface area contributed by atoms with E-state index in [2.05, 4.69) is 0 Å². The molecule has 0 unspecified atom stereocenters. The summed E-state index contributed by atoms with van der Waals surface area (Å²) in [7, 11) is 0. The maximum Gasteiger partial charge on any atom is 0.339 e. The lowest BCUT2D eigenvalue weighted by Crippen LogP contribution is -2.04. The highest BCUT2D eigenvalue weighted by Crippen LogP contribution is 2.31. The smallest absolute Gasteiger partial charge is 0.339 e. The highest BCUT2D eigenvalue weighted by molar-refractivity contribution is 6.00. The van der Waals surface area contributed by atoms with Gasteiger partial charge in [0, 0.05) is 0 Å². The number of aromatic carboxylic acids is 1. The van der Waals surface area contributed by atoms with E-state index in [9.17, 15) is 15.0 Å².